The van der Waals surface area contributed by atoms with E-state index in [0.717, 1.165) is 5.56 Å². The monoisotopic (exact) mass is 418 g/mol. The van der Waals surface area contributed by atoms with Gasteiger partial charge in [-0.2, -0.15) is 0 Å². The second-order valence-electron chi connectivity index (χ2n) is 6.09. The number of methoxy groups -OCH3 is 3. The van der Waals surface area contributed by atoms with Gasteiger partial charge in [-0.25, -0.2) is 8.42 Å². The van der Waals surface area contributed by atoms with E-state index < -0.39 is 10.0 Å². The number of benzene rings is 2. The third kappa shape index (κ3) is 4.29. The van der Waals surface area contributed by atoms with Crippen LogP contribution in [0.4, 0.5) is 5.82 Å². The SMILES string of the molecule is CCc1ccc(OC)c(S(=O)(=O)Nc2cc(-c3ccc(OC)cc3OC)on2)c1. The summed E-state index contributed by atoms with van der Waals surface area (Å²) < 4.78 is 49.3. The maximum Gasteiger partial charge on any atom is 0.266 e. The van der Waals surface area contributed by atoms with Crippen molar-refractivity contribution >= 4 is 15.8 Å². The number of aryl methyl sites for hydroxylation is 1. The zero-order chi connectivity index (χ0) is 21.0. The molecule has 0 aliphatic carbocycles. The summed E-state index contributed by atoms with van der Waals surface area (Å²) >= 11 is 0. The van der Waals surface area contributed by atoms with Crippen LogP contribution in [0.5, 0.6) is 17.2 Å². The van der Waals surface area contributed by atoms with Crippen molar-refractivity contribution in [1.82, 2.24) is 5.16 Å². The van der Waals surface area contributed by atoms with Crippen LogP contribution in [0.1, 0.15) is 12.5 Å². The Morgan fingerprint density at radius 1 is 0.966 bits per heavy atom. The molecule has 9 heteroatoms. The zero-order valence-electron chi connectivity index (χ0n) is 16.6. The van der Waals surface area contributed by atoms with E-state index in [1.165, 1.54) is 20.3 Å². The molecule has 1 N–H and O–H groups in total. The highest BCUT2D eigenvalue weighted by Gasteiger charge is 2.22. The normalized spacial score (nSPS) is 11.2. The van der Waals surface area contributed by atoms with E-state index in [-0.39, 0.29) is 16.5 Å². The summed E-state index contributed by atoms with van der Waals surface area (Å²) in [5.74, 6) is 1.76. The van der Waals surface area contributed by atoms with Crippen molar-refractivity contribution in [3.8, 4) is 28.6 Å². The lowest BCUT2D eigenvalue weighted by Gasteiger charge is -2.11. The number of aromatic nitrogens is 1. The van der Waals surface area contributed by atoms with Gasteiger partial charge in [0.15, 0.2) is 11.6 Å². The van der Waals surface area contributed by atoms with E-state index >= 15 is 0 Å². The first-order valence-electron chi connectivity index (χ1n) is 8.80. The summed E-state index contributed by atoms with van der Waals surface area (Å²) in [6.45, 7) is 1.94. The number of ether oxygens (including phenoxy) is 3. The minimum atomic E-state index is -3.93. The number of hydrogen-bond donors (Lipinski definition) is 1. The molecule has 0 aliphatic heterocycles. The van der Waals surface area contributed by atoms with E-state index in [1.54, 1.807) is 37.4 Å². The topological polar surface area (TPSA) is 99.9 Å². The minimum absolute atomic E-state index is 0.0333. The van der Waals surface area contributed by atoms with Crippen LogP contribution in [-0.2, 0) is 16.4 Å². The number of anilines is 1. The van der Waals surface area contributed by atoms with Crippen LogP contribution in [0.15, 0.2) is 51.9 Å². The highest BCUT2D eigenvalue weighted by atomic mass is 32.2. The lowest BCUT2D eigenvalue weighted by atomic mass is 10.1. The van der Waals surface area contributed by atoms with Crippen LogP contribution in [0.3, 0.4) is 0 Å². The molecular weight excluding hydrogens is 396 g/mol. The van der Waals surface area contributed by atoms with Crippen LogP contribution in [0.2, 0.25) is 0 Å². The van der Waals surface area contributed by atoms with Crippen LogP contribution < -0.4 is 18.9 Å². The minimum Gasteiger partial charge on any atom is -0.497 e. The fourth-order valence-electron chi connectivity index (χ4n) is 2.80. The van der Waals surface area contributed by atoms with Gasteiger partial charge in [-0.1, -0.05) is 18.1 Å². The first-order chi connectivity index (χ1) is 13.9. The van der Waals surface area contributed by atoms with Crippen molar-refractivity contribution in [1.29, 1.82) is 0 Å². The third-order valence-corrected chi connectivity index (χ3v) is 5.72. The van der Waals surface area contributed by atoms with E-state index in [4.69, 9.17) is 18.7 Å². The van der Waals surface area contributed by atoms with Crippen LogP contribution >= 0.6 is 0 Å². The molecule has 3 aromatic rings. The number of hydrogen-bond acceptors (Lipinski definition) is 7. The fourth-order valence-corrected chi connectivity index (χ4v) is 4.00. The highest BCUT2D eigenvalue weighted by Crippen LogP contribution is 2.35. The second-order valence-corrected chi connectivity index (χ2v) is 7.74. The molecule has 1 aromatic heterocycles. The van der Waals surface area contributed by atoms with Crippen molar-refractivity contribution in [2.24, 2.45) is 0 Å². The molecule has 0 saturated heterocycles. The summed E-state index contributed by atoms with van der Waals surface area (Å²) in [7, 11) is 0.560. The van der Waals surface area contributed by atoms with E-state index in [2.05, 4.69) is 9.88 Å². The number of nitrogens with one attached hydrogen (secondary N) is 1. The molecule has 2 aromatic carbocycles. The molecule has 0 radical (unpaired) electrons. The van der Waals surface area contributed by atoms with Gasteiger partial charge in [0.1, 0.15) is 22.1 Å². The van der Waals surface area contributed by atoms with Crippen LogP contribution in [-0.4, -0.2) is 34.9 Å². The Morgan fingerprint density at radius 3 is 2.38 bits per heavy atom. The average molecular weight is 418 g/mol. The van der Waals surface area contributed by atoms with Gasteiger partial charge < -0.3 is 18.7 Å². The molecule has 0 unspecified atom stereocenters. The summed E-state index contributed by atoms with van der Waals surface area (Å²) in [6.07, 6.45) is 0.692. The molecule has 0 atom stereocenters. The third-order valence-electron chi connectivity index (χ3n) is 4.35. The fraction of sp³-hybridized carbons (Fsp3) is 0.250. The van der Waals surface area contributed by atoms with E-state index in [1.807, 2.05) is 13.0 Å². The van der Waals surface area contributed by atoms with Crippen molar-refractivity contribution in [2.75, 3.05) is 26.1 Å². The second kappa shape index (κ2) is 8.44. The molecule has 0 aliphatic rings. The zero-order valence-corrected chi connectivity index (χ0v) is 17.4. The molecule has 154 valence electrons. The first-order valence-corrected chi connectivity index (χ1v) is 10.3. The largest absolute Gasteiger partial charge is 0.497 e. The van der Waals surface area contributed by atoms with Gasteiger partial charge in [0.05, 0.1) is 26.9 Å². The number of nitrogens with zero attached hydrogens (tertiary/aromatic N) is 1. The predicted octanol–water partition coefficient (Wildman–Crippen LogP) is 3.73. The highest BCUT2D eigenvalue weighted by molar-refractivity contribution is 7.92. The molecule has 8 nitrogen and oxygen atoms in total. The van der Waals surface area contributed by atoms with E-state index in [9.17, 15) is 8.42 Å². The Labute approximate surface area is 169 Å². The molecule has 0 amide bonds. The van der Waals surface area contributed by atoms with Crippen molar-refractivity contribution in [3.05, 3.63) is 48.0 Å². The van der Waals surface area contributed by atoms with Gasteiger partial charge in [0, 0.05) is 12.1 Å². The Morgan fingerprint density at radius 2 is 1.72 bits per heavy atom. The Kier molecular flexibility index (Phi) is 5.97. The Hall–Kier alpha value is -3.20. The molecule has 0 bridgehead atoms. The predicted molar refractivity (Wildman–Crippen MR) is 108 cm³/mol. The Bertz CT molecular complexity index is 1110. The van der Waals surface area contributed by atoms with Gasteiger partial charge in [0.2, 0.25) is 0 Å². The standard InChI is InChI=1S/C20H22N2O6S/c1-5-13-6-9-16(26-3)19(10-13)29(23,24)22-20-12-18(28-21-20)15-8-7-14(25-2)11-17(15)27-4/h6-12H,5H2,1-4H3,(H,21,22). The molecule has 0 saturated carbocycles. The van der Waals surface area contributed by atoms with Gasteiger partial charge >= 0.3 is 0 Å². The molecule has 0 spiro atoms. The van der Waals surface area contributed by atoms with Crippen molar-refractivity contribution < 1.29 is 27.2 Å². The van der Waals surface area contributed by atoms with Gasteiger partial charge in [-0.3, -0.25) is 4.72 Å². The molecular formula is C20H22N2O6S. The lowest BCUT2D eigenvalue weighted by Crippen LogP contribution is -2.14. The average Bonchev–Trinajstić information content (AvgIpc) is 3.20. The van der Waals surface area contributed by atoms with E-state index in [0.29, 0.717) is 29.2 Å². The summed E-state index contributed by atoms with van der Waals surface area (Å²) in [5.41, 5.74) is 1.48. The molecule has 29 heavy (non-hydrogen) atoms. The van der Waals surface area contributed by atoms with Crippen molar-refractivity contribution in [3.63, 3.8) is 0 Å². The Balaban J connectivity index is 1.93. The van der Waals surface area contributed by atoms with Crippen molar-refractivity contribution in [2.45, 2.75) is 18.2 Å². The summed E-state index contributed by atoms with van der Waals surface area (Å²) in [4.78, 5) is 0.0333. The maximum absolute atomic E-state index is 12.9. The lowest BCUT2D eigenvalue weighted by molar-refractivity contribution is 0.391. The number of rotatable bonds is 8. The maximum atomic E-state index is 12.9. The van der Waals surface area contributed by atoms with Crippen LogP contribution in [0, 0.1) is 0 Å². The summed E-state index contributed by atoms with van der Waals surface area (Å²) in [5, 5.41) is 3.83. The van der Waals surface area contributed by atoms with Crippen LogP contribution in [0.25, 0.3) is 11.3 Å². The smallest absolute Gasteiger partial charge is 0.266 e. The first kappa shape index (κ1) is 20.5. The molecule has 1 heterocycles. The van der Waals surface area contributed by atoms with Gasteiger partial charge in [-0.05, 0) is 36.2 Å². The molecule has 0 fully saturated rings. The summed E-state index contributed by atoms with van der Waals surface area (Å²) in [6, 6.07) is 11.7. The van der Waals surface area contributed by atoms with Gasteiger partial charge in [-0.15, -0.1) is 0 Å². The quantitative estimate of drug-likeness (QED) is 0.595. The number of sulfonamides is 1. The molecule has 3 rings (SSSR count). The van der Waals surface area contributed by atoms with Gasteiger partial charge in [0.25, 0.3) is 10.0 Å².